The fourth-order valence-electron chi connectivity index (χ4n) is 2.50. The largest absolute Gasteiger partial charge is 0.291 e. The number of halogens is 1. The van der Waals surface area contributed by atoms with Gasteiger partial charge in [0.1, 0.15) is 0 Å². The number of carbonyl (C=O) groups excluding carboxylic acids is 1. The van der Waals surface area contributed by atoms with Crippen LogP contribution in [0.2, 0.25) is 5.02 Å². The van der Waals surface area contributed by atoms with Crippen molar-refractivity contribution in [2.24, 2.45) is 0 Å². The molecule has 0 amide bonds. The Morgan fingerprint density at radius 3 is 2.81 bits per heavy atom. The van der Waals surface area contributed by atoms with E-state index >= 15 is 0 Å². The molecule has 2 aromatic heterocycles. The van der Waals surface area contributed by atoms with Crippen LogP contribution in [-0.2, 0) is 23.0 Å². The minimum absolute atomic E-state index is 0.129. The second-order valence-corrected chi connectivity index (χ2v) is 9.38. The summed E-state index contributed by atoms with van der Waals surface area (Å²) in [4.78, 5) is 30.6. The van der Waals surface area contributed by atoms with Crippen LogP contribution in [0.25, 0.3) is 10.9 Å². The first-order valence-electron chi connectivity index (χ1n) is 7.94. The number of benzene rings is 1. The molecule has 0 saturated heterocycles. The summed E-state index contributed by atoms with van der Waals surface area (Å²) in [6.45, 7) is 0.137. The van der Waals surface area contributed by atoms with Crippen LogP contribution in [0.15, 0.2) is 41.5 Å². The molecule has 27 heavy (non-hydrogen) atoms. The van der Waals surface area contributed by atoms with E-state index in [1.165, 1.54) is 28.3 Å². The second-order valence-electron chi connectivity index (χ2n) is 5.94. The highest BCUT2D eigenvalue weighted by atomic mass is 35.5. The minimum atomic E-state index is -3.24. The molecule has 3 rings (SSSR count). The van der Waals surface area contributed by atoms with Crippen LogP contribution in [0, 0.1) is 0 Å². The number of fused-ring (bicyclic) bond motifs is 1. The average Bonchev–Trinajstić information content (AvgIpc) is 3.06. The van der Waals surface area contributed by atoms with Crippen molar-refractivity contribution in [3.8, 4) is 0 Å². The maximum Gasteiger partial charge on any atom is 0.261 e. The standard InChI is InChI=1S/C17H16ClN3O4S2/c1-27(24,25)20-7-6-12-3-5-16(26-12)15(22)9-21-10-19-14-4-2-11(18)8-13(14)17(21)23/h2-5,8,10,20H,6-7,9H2,1H3. The summed E-state index contributed by atoms with van der Waals surface area (Å²) in [7, 11) is -3.24. The van der Waals surface area contributed by atoms with Gasteiger partial charge in [-0.15, -0.1) is 11.3 Å². The first-order valence-corrected chi connectivity index (χ1v) is 11.0. The summed E-state index contributed by atoms with van der Waals surface area (Å²) in [5, 5.41) is 0.785. The molecule has 0 aliphatic carbocycles. The molecule has 0 saturated carbocycles. The van der Waals surface area contributed by atoms with Crippen LogP contribution in [0.5, 0.6) is 0 Å². The highest BCUT2D eigenvalue weighted by Gasteiger charge is 2.13. The molecule has 0 aliphatic heterocycles. The number of carbonyl (C=O) groups is 1. The quantitative estimate of drug-likeness (QED) is 0.584. The maximum absolute atomic E-state index is 12.5. The van der Waals surface area contributed by atoms with Crippen LogP contribution in [-0.4, -0.2) is 36.6 Å². The predicted molar refractivity (Wildman–Crippen MR) is 106 cm³/mol. The number of Topliss-reactive ketones (excluding diaryl/α,β-unsaturated/α-hetero) is 1. The number of hydrogen-bond donors (Lipinski definition) is 1. The number of rotatable bonds is 7. The van der Waals surface area contributed by atoms with Gasteiger partial charge in [0.2, 0.25) is 10.0 Å². The van der Waals surface area contributed by atoms with E-state index in [2.05, 4.69) is 9.71 Å². The van der Waals surface area contributed by atoms with E-state index in [4.69, 9.17) is 11.6 Å². The lowest BCUT2D eigenvalue weighted by molar-refractivity contribution is 0.0974. The third kappa shape index (κ3) is 5.01. The fraction of sp³-hybridized carbons (Fsp3) is 0.235. The lowest BCUT2D eigenvalue weighted by Gasteiger charge is -2.05. The third-order valence-electron chi connectivity index (χ3n) is 3.77. The molecule has 10 heteroatoms. The van der Waals surface area contributed by atoms with E-state index in [0.717, 1.165) is 11.1 Å². The van der Waals surface area contributed by atoms with Crippen molar-refractivity contribution in [1.82, 2.24) is 14.3 Å². The van der Waals surface area contributed by atoms with Gasteiger partial charge in [0.15, 0.2) is 5.78 Å². The number of aromatic nitrogens is 2. The zero-order chi connectivity index (χ0) is 19.6. The predicted octanol–water partition coefficient (Wildman–Crippen LogP) is 2.09. The molecule has 0 unspecified atom stereocenters. The molecule has 1 aromatic carbocycles. The highest BCUT2D eigenvalue weighted by Crippen LogP contribution is 2.18. The van der Waals surface area contributed by atoms with Gasteiger partial charge in [0.25, 0.3) is 5.56 Å². The van der Waals surface area contributed by atoms with Crippen molar-refractivity contribution in [3.05, 3.63) is 61.8 Å². The number of sulfonamides is 1. The van der Waals surface area contributed by atoms with Gasteiger partial charge in [-0.1, -0.05) is 11.6 Å². The van der Waals surface area contributed by atoms with Gasteiger partial charge in [-0.25, -0.2) is 18.1 Å². The van der Waals surface area contributed by atoms with E-state index in [1.807, 2.05) is 0 Å². The lowest BCUT2D eigenvalue weighted by atomic mass is 10.2. The zero-order valence-corrected chi connectivity index (χ0v) is 16.7. The van der Waals surface area contributed by atoms with Crippen LogP contribution in [0.3, 0.4) is 0 Å². The Bertz CT molecular complexity index is 1170. The Balaban J connectivity index is 1.73. The van der Waals surface area contributed by atoms with E-state index in [1.54, 1.807) is 24.3 Å². The smallest absolute Gasteiger partial charge is 0.261 e. The van der Waals surface area contributed by atoms with E-state index in [0.29, 0.717) is 27.2 Å². The van der Waals surface area contributed by atoms with Gasteiger partial charge in [0, 0.05) is 16.4 Å². The zero-order valence-electron chi connectivity index (χ0n) is 14.3. The second kappa shape index (κ2) is 7.89. The van der Waals surface area contributed by atoms with Crippen LogP contribution in [0.4, 0.5) is 0 Å². The molecule has 1 N–H and O–H groups in total. The molecule has 0 spiro atoms. The van der Waals surface area contributed by atoms with Crippen molar-refractivity contribution < 1.29 is 13.2 Å². The Kier molecular flexibility index (Phi) is 5.75. The van der Waals surface area contributed by atoms with Gasteiger partial charge >= 0.3 is 0 Å². The number of hydrogen-bond acceptors (Lipinski definition) is 6. The fourth-order valence-corrected chi connectivity index (χ4v) is 4.08. The minimum Gasteiger partial charge on any atom is -0.291 e. The summed E-state index contributed by atoms with van der Waals surface area (Å²) in [6, 6.07) is 8.30. The third-order valence-corrected chi connectivity index (χ3v) is 5.92. The monoisotopic (exact) mass is 425 g/mol. The van der Waals surface area contributed by atoms with Gasteiger partial charge in [-0.2, -0.15) is 0 Å². The van der Waals surface area contributed by atoms with Crippen LogP contribution >= 0.6 is 22.9 Å². The highest BCUT2D eigenvalue weighted by molar-refractivity contribution is 7.88. The summed E-state index contributed by atoms with van der Waals surface area (Å²) >= 11 is 7.21. The van der Waals surface area contributed by atoms with Gasteiger partial charge < -0.3 is 0 Å². The molecular weight excluding hydrogens is 410 g/mol. The molecule has 3 aromatic rings. The number of nitrogens with zero attached hydrogens (tertiary/aromatic N) is 2. The number of nitrogens with one attached hydrogen (secondary N) is 1. The van der Waals surface area contributed by atoms with Crippen molar-refractivity contribution >= 4 is 49.6 Å². The molecule has 0 fully saturated rings. The summed E-state index contributed by atoms with van der Waals surface area (Å²) < 4.78 is 25.8. The summed E-state index contributed by atoms with van der Waals surface area (Å²) in [5.74, 6) is -0.215. The van der Waals surface area contributed by atoms with Gasteiger partial charge in [-0.3, -0.25) is 14.2 Å². The van der Waals surface area contributed by atoms with Crippen molar-refractivity contribution in [2.75, 3.05) is 12.8 Å². The topological polar surface area (TPSA) is 98.1 Å². The molecule has 7 nitrogen and oxygen atoms in total. The van der Waals surface area contributed by atoms with Crippen molar-refractivity contribution in [3.63, 3.8) is 0 Å². The van der Waals surface area contributed by atoms with Crippen LogP contribution in [0.1, 0.15) is 14.5 Å². The average molecular weight is 426 g/mol. The molecular formula is C17H16ClN3O4S2. The number of thiophene rings is 1. The molecule has 0 bridgehead atoms. The Morgan fingerprint density at radius 2 is 2.07 bits per heavy atom. The van der Waals surface area contributed by atoms with Crippen molar-refractivity contribution in [1.29, 1.82) is 0 Å². The van der Waals surface area contributed by atoms with E-state index in [9.17, 15) is 18.0 Å². The van der Waals surface area contributed by atoms with Gasteiger partial charge in [-0.05, 0) is 36.8 Å². The lowest BCUT2D eigenvalue weighted by Crippen LogP contribution is -2.24. The normalized spacial score (nSPS) is 11.8. The van der Waals surface area contributed by atoms with E-state index in [-0.39, 0.29) is 24.4 Å². The van der Waals surface area contributed by atoms with Gasteiger partial charge in [0.05, 0.1) is 34.9 Å². The molecule has 0 radical (unpaired) electrons. The van der Waals surface area contributed by atoms with Crippen molar-refractivity contribution in [2.45, 2.75) is 13.0 Å². The number of ketones is 1. The van der Waals surface area contributed by atoms with Crippen LogP contribution < -0.4 is 10.3 Å². The molecule has 0 atom stereocenters. The molecule has 142 valence electrons. The SMILES string of the molecule is CS(=O)(=O)NCCc1ccc(C(=O)Cn2cnc3ccc(Cl)cc3c2=O)s1. The van der Waals surface area contributed by atoms with E-state index < -0.39 is 10.0 Å². The summed E-state index contributed by atoms with van der Waals surface area (Å²) in [5.41, 5.74) is 0.190. The molecule has 2 heterocycles. The first kappa shape index (κ1) is 19.7. The first-order chi connectivity index (χ1) is 12.7. The Morgan fingerprint density at radius 1 is 1.30 bits per heavy atom. The Hall–Kier alpha value is -2.07. The maximum atomic E-state index is 12.5. The molecule has 0 aliphatic rings. The Labute approximate surface area is 164 Å². The summed E-state index contributed by atoms with van der Waals surface area (Å²) in [6.07, 6.45) is 2.93.